The molecule has 1 aliphatic carbocycles. The SMILES string of the molecule is CCOC(=O)C1=C(CN(Cc2ccco2)C2CCCC2)NC(=O)N[C@@H]1c1cccs1. The first-order valence-electron chi connectivity index (χ1n) is 10.4. The van der Waals surface area contributed by atoms with Crippen LogP contribution in [0.4, 0.5) is 4.79 Å². The van der Waals surface area contributed by atoms with Crippen LogP contribution in [0, 0.1) is 0 Å². The van der Waals surface area contributed by atoms with E-state index >= 15 is 0 Å². The van der Waals surface area contributed by atoms with Crippen molar-refractivity contribution in [2.24, 2.45) is 0 Å². The number of thiophene rings is 1. The van der Waals surface area contributed by atoms with Gasteiger partial charge < -0.3 is 19.8 Å². The van der Waals surface area contributed by atoms with Crippen LogP contribution in [0.1, 0.15) is 49.3 Å². The van der Waals surface area contributed by atoms with Crippen LogP contribution in [-0.2, 0) is 16.1 Å². The summed E-state index contributed by atoms with van der Waals surface area (Å²) in [6.07, 6.45) is 6.25. The number of rotatable bonds is 8. The van der Waals surface area contributed by atoms with E-state index in [1.807, 2.05) is 29.6 Å². The van der Waals surface area contributed by atoms with Gasteiger partial charge in [0.15, 0.2) is 0 Å². The van der Waals surface area contributed by atoms with Crippen LogP contribution in [0.25, 0.3) is 0 Å². The van der Waals surface area contributed by atoms with E-state index in [-0.39, 0.29) is 12.6 Å². The molecule has 1 atom stereocenters. The van der Waals surface area contributed by atoms with E-state index in [2.05, 4.69) is 15.5 Å². The molecule has 2 aromatic rings. The van der Waals surface area contributed by atoms with Crippen molar-refractivity contribution in [2.75, 3.05) is 13.2 Å². The summed E-state index contributed by atoms with van der Waals surface area (Å²) in [5.41, 5.74) is 1.08. The second kappa shape index (κ2) is 9.49. The van der Waals surface area contributed by atoms with Crippen LogP contribution in [-0.4, -0.2) is 36.1 Å². The van der Waals surface area contributed by atoms with Crippen LogP contribution in [0.2, 0.25) is 0 Å². The first kappa shape index (κ1) is 20.7. The van der Waals surface area contributed by atoms with Crippen LogP contribution < -0.4 is 10.6 Å². The van der Waals surface area contributed by atoms with E-state index in [0.717, 1.165) is 23.5 Å². The average Bonchev–Trinajstić information content (AvgIpc) is 3.50. The van der Waals surface area contributed by atoms with Gasteiger partial charge in [0.25, 0.3) is 0 Å². The Kier molecular flexibility index (Phi) is 6.54. The Bertz CT molecular complexity index is 886. The van der Waals surface area contributed by atoms with Crippen molar-refractivity contribution in [1.29, 1.82) is 0 Å². The molecule has 0 aromatic carbocycles. The maximum Gasteiger partial charge on any atom is 0.338 e. The molecule has 1 saturated carbocycles. The van der Waals surface area contributed by atoms with Gasteiger partial charge in [-0.05, 0) is 43.3 Å². The molecule has 2 N–H and O–H groups in total. The molecule has 3 heterocycles. The quantitative estimate of drug-likeness (QED) is 0.621. The highest BCUT2D eigenvalue weighted by Crippen LogP contribution is 2.32. The summed E-state index contributed by atoms with van der Waals surface area (Å²) in [5, 5.41) is 7.72. The highest BCUT2D eigenvalue weighted by molar-refractivity contribution is 7.10. The highest BCUT2D eigenvalue weighted by atomic mass is 32.1. The van der Waals surface area contributed by atoms with Gasteiger partial charge in [0.1, 0.15) is 5.76 Å². The summed E-state index contributed by atoms with van der Waals surface area (Å²) in [5.74, 6) is 0.470. The van der Waals surface area contributed by atoms with E-state index in [9.17, 15) is 9.59 Å². The Labute approximate surface area is 180 Å². The molecule has 160 valence electrons. The number of amides is 2. The fraction of sp³-hybridized carbons (Fsp3) is 0.455. The lowest BCUT2D eigenvalue weighted by atomic mass is 10.00. The number of hydrogen-bond donors (Lipinski definition) is 2. The van der Waals surface area contributed by atoms with Crippen molar-refractivity contribution in [2.45, 2.75) is 51.2 Å². The van der Waals surface area contributed by atoms with Crippen LogP contribution in [0.5, 0.6) is 0 Å². The lowest BCUT2D eigenvalue weighted by molar-refractivity contribution is -0.139. The smallest absolute Gasteiger partial charge is 0.338 e. The predicted octanol–water partition coefficient (Wildman–Crippen LogP) is 3.96. The number of furan rings is 1. The largest absolute Gasteiger partial charge is 0.468 e. The average molecular weight is 430 g/mol. The molecular formula is C22H27N3O4S. The molecule has 0 radical (unpaired) electrons. The zero-order valence-electron chi connectivity index (χ0n) is 17.1. The van der Waals surface area contributed by atoms with E-state index in [1.165, 1.54) is 24.2 Å². The predicted molar refractivity (Wildman–Crippen MR) is 114 cm³/mol. The number of nitrogens with zero attached hydrogens (tertiary/aromatic N) is 1. The number of esters is 1. The minimum Gasteiger partial charge on any atom is -0.468 e. The molecule has 30 heavy (non-hydrogen) atoms. The van der Waals surface area contributed by atoms with Crippen molar-refractivity contribution in [3.05, 3.63) is 57.8 Å². The van der Waals surface area contributed by atoms with Crippen molar-refractivity contribution < 1.29 is 18.7 Å². The number of ether oxygens (including phenoxy) is 1. The maximum atomic E-state index is 12.9. The maximum absolute atomic E-state index is 12.9. The highest BCUT2D eigenvalue weighted by Gasteiger charge is 2.36. The van der Waals surface area contributed by atoms with Gasteiger partial charge in [0.05, 0.1) is 31.0 Å². The molecule has 1 fully saturated rings. The van der Waals surface area contributed by atoms with Gasteiger partial charge in [-0.15, -0.1) is 11.3 Å². The second-order valence-electron chi connectivity index (χ2n) is 7.58. The van der Waals surface area contributed by atoms with Gasteiger partial charge in [-0.3, -0.25) is 4.90 Å². The molecule has 0 bridgehead atoms. The van der Waals surface area contributed by atoms with Gasteiger partial charge in [0, 0.05) is 23.2 Å². The fourth-order valence-corrected chi connectivity index (χ4v) is 5.04. The molecule has 2 aliphatic rings. The van der Waals surface area contributed by atoms with E-state index in [4.69, 9.17) is 9.15 Å². The molecule has 0 spiro atoms. The summed E-state index contributed by atoms with van der Waals surface area (Å²) in [7, 11) is 0. The first-order valence-corrected chi connectivity index (χ1v) is 11.3. The minimum absolute atomic E-state index is 0.277. The van der Waals surface area contributed by atoms with Crippen LogP contribution >= 0.6 is 11.3 Å². The number of hydrogen-bond acceptors (Lipinski definition) is 6. The van der Waals surface area contributed by atoms with Crippen LogP contribution in [0.15, 0.2) is 51.6 Å². The standard InChI is InChI=1S/C22H27N3O4S/c1-2-28-21(26)19-17(23-22(27)24-20(19)18-10-6-12-30-18)14-25(15-7-3-4-8-15)13-16-9-5-11-29-16/h5-6,9-12,15,20H,2-4,7-8,13-14H2,1H3,(H2,23,24,27)/t20-/m1/s1. The summed E-state index contributed by atoms with van der Waals surface area (Å²) in [6.45, 7) is 3.15. The molecule has 2 aromatic heterocycles. The third-order valence-electron chi connectivity index (χ3n) is 5.62. The molecule has 8 heteroatoms. The minimum atomic E-state index is -0.512. The van der Waals surface area contributed by atoms with Gasteiger partial charge in [-0.25, -0.2) is 9.59 Å². The lowest BCUT2D eigenvalue weighted by Gasteiger charge is -2.33. The molecule has 4 rings (SSSR count). The van der Waals surface area contributed by atoms with Crippen LogP contribution in [0.3, 0.4) is 0 Å². The summed E-state index contributed by atoms with van der Waals surface area (Å²) in [6, 6.07) is 7.25. The van der Waals surface area contributed by atoms with Gasteiger partial charge in [0.2, 0.25) is 0 Å². The molecular weight excluding hydrogens is 402 g/mol. The Morgan fingerprint density at radius 1 is 1.27 bits per heavy atom. The van der Waals surface area contributed by atoms with Gasteiger partial charge in [-0.2, -0.15) is 0 Å². The molecule has 0 unspecified atom stereocenters. The topological polar surface area (TPSA) is 83.8 Å². The van der Waals surface area contributed by atoms with Crippen molar-refractivity contribution in [3.63, 3.8) is 0 Å². The summed E-state index contributed by atoms with van der Waals surface area (Å²) in [4.78, 5) is 28.6. The molecule has 1 aliphatic heterocycles. The Morgan fingerprint density at radius 3 is 2.77 bits per heavy atom. The third-order valence-corrected chi connectivity index (χ3v) is 6.56. The van der Waals surface area contributed by atoms with E-state index in [1.54, 1.807) is 13.2 Å². The number of urea groups is 1. The zero-order valence-corrected chi connectivity index (χ0v) is 17.9. The Morgan fingerprint density at radius 2 is 2.10 bits per heavy atom. The number of carbonyl (C=O) groups excluding carboxylic acids is 2. The van der Waals surface area contributed by atoms with Gasteiger partial charge >= 0.3 is 12.0 Å². The number of nitrogens with one attached hydrogen (secondary N) is 2. The zero-order chi connectivity index (χ0) is 20.9. The van der Waals surface area contributed by atoms with E-state index in [0.29, 0.717) is 30.4 Å². The summed E-state index contributed by atoms with van der Waals surface area (Å²) >= 11 is 1.51. The molecule has 2 amide bonds. The normalized spacial score (nSPS) is 19.8. The fourth-order valence-electron chi connectivity index (χ4n) is 4.25. The molecule has 7 nitrogen and oxygen atoms in total. The van der Waals surface area contributed by atoms with Crippen molar-refractivity contribution in [1.82, 2.24) is 15.5 Å². The number of carbonyl (C=O) groups is 2. The van der Waals surface area contributed by atoms with Gasteiger partial charge in [-0.1, -0.05) is 18.9 Å². The van der Waals surface area contributed by atoms with Crippen molar-refractivity contribution in [3.8, 4) is 0 Å². The molecule has 0 saturated heterocycles. The first-order chi connectivity index (χ1) is 14.7. The lowest BCUT2D eigenvalue weighted by Crippen LogP contribution is -2.49. The second-order valence-corrected chi connectivity index (χ2v) is 8.56. The van der Waals surface area contributed by atoms with E-state index < -0.39 is 12.0 Å². The third kappa shape index (κ3) is 4.60. The summed E-state index contributed by atoms with van der Waals surface area (Å²) < 4.78 is 10.9. The Balaban J connectivity index is 1.69. The monoisotopic (exact) mass is 429 g/mol. The van der Waals surface area contributed by atoms with Crippen molar-refractivity contribution >= 4 is 23.3 Å². The Hall–Kier alpha value is -2.58.